The lowest BCUT2D eigenvalue weighted by Gasteiger charge is -2.72. The number of fused-ring (bicyclic) bond motifs is 7. The quantitative estimate of drug-likeness (QED) is 0.387. The van der Waals surface area contributed by atoms with Crippen molar-refractivity contribution >= 4 is 0 Å². The van der Waals surface area contributed by atoms with E-state index in [1.165, 1.54) is 57.8 Å². The van der Waals surface area contributed by atoms with Gasteiger partial charge >= 0.3 is 0 Å². The van der Waals surface area contributed by atoms with Gasteiger partial charge < -0.3 is 5.11 Å². The predicted molar refractivity (Wildman–Crippen MR) is 131 cm³/mol. The summed E-state index contributed by atoms with van der Waals surface area (Å²) in [6, 6.07) is 0. The molecule has 0 aliphatic heterocycles. The molecule has 1 nitrogen and oxygen atoms in total. The van der Waals surface area contributed by atoms with E-state index in [1.807, 2.05) is 5.57 Å². The van der Waals surface area contributed by atoms with E-state index >= 15 is 0 Å². The van der Waals surface area contributed by atoms with Gasteiger partial charge in [0.2, 0.25) is 0 Å². The Morgan fingerprint density at radius 1 is 0.742 bits per heavy atom. The summed E-state index contributed by atoms with van der Waals surface area (Å²) in [5, 5.41) is 10.9. The van der Waals surface area contributed by atoms with Gasteiger partial charge in [0.05, 0.1) is 6.10 Å². The zero-order valence-corrected chi connectivity index (χ0v) is 21.9. The van der Waals surface area contributed by atoms with Crippen LogP contribution in [0.25, 0.3) is 0 Å². The molecule has 1 N–H and O–H groups in total. The maximum Gasteiger partial charge on any atom is 0.0594 e. The van der Waals surface area contributed by atoms with Crippen LogP contribution < -0.4 is 0 Å². The molecule has 0 bridgehead atoms. The first kappa shape index (κ1) is 22.5. The summed E-state index contributed by atoms with van der Waals surface area (Å²) in [5.41, 5.74) is 4.02. The predicted octanol–water partition coefficient (Wildman–Crippen LogP) is 8.17. The van der Waals surface area contributed by atoms with Gasteiger partial charge in [0.25, 0.3) is 0 Å². The number of aliphatic hydroxyl groups is 1. The van der Waals surface area contributed by atoms with E-state index in [0.29, 0.717) is 33.0 Å². The monoisotopic (exact) mass is 426 g/mol. The number of hydrogen-bond donors (Lipinski definition) is 1. The molecule has 0 aromatic carbocycles. The Bertz CT molecular complexity index is 790. The fourth-order valence-corrected chi connectivity index (χ4v) is 10.8. The van der Waals surface area contributed by atoms with Gasteiger partial charge in [-0.2, -0.15) is 0 Å². The summed E-state index contributed by atoms with van der Waals surface area (Å²) in [7, 11) is 0. The molecule has 0 heterocycles. The SMILES string of the molecule is CC1(C)[C@H](O)CC[C@]2(C)[C@@H]3CC[C@@]4(C)[C@@H]5CCCC(C)(C)[C@@]5(C)CC[C@]4(C)C3=CC[C@@H]12. The molecule has 5 aliphatic rings. The molecule has 1 heteroatoms. The molecule has 176 valence electrons. The number of rotatable bonds is 0. The third-order valence-corrected chi connectivity index (χ3v) is 13.6. The van der Waals surface area contributed by atoms with Gasteiger partial charge in [0.1, 0.15) is 0 Å². The summed E-state index contributed by atoms with van der Waals surface area (Å²) < 4.78 is 0. The summed E-state index contributed by atoms with van der Waals surface area (Å²) in [6.07, 6.45) is 15.8. The van der Waals surface area contributed by atoms with Crippen LogP contribution in [0.1, 0.15) is 120 Å². The van der Waals surface area contributed by atoms with Crippen LogP contribution in [0, 0.1) is 50.2 Å². The highest BCUT2D eigenvalue weighted by molar-refractivity contribution is 5.33. The summed E-state index contributed by atoms with van der Waals surface area (Å²) in [4.78, 5) is 0. The molecule has 0 amide bonds. The van der Waals surface area contributed by atoms with Crippen molar-refractivity contribution in [3.05, 3.63) is 11.6 Å². The molecule has 4 fully saturated rings. The van der Waals surface area contributed by atoms with Gasteiger partial charge in [-0.25, -0.2) is 0 Å². The van der Waals surface area contributed by atoms with Crippen molar-refractivity contribution in [1.82, 2.24) is 0 Å². The van der Waals surface area contributed by atoms with E-state index in [2.05, 4.69) is 61.5 Å². The topological polar surface area (TPSA) is 20.2 Å². The lowest BCUT2D eigenvalue weighted by Crippen LogP contribution is -2.64. The third-order valence-electron chi connectivity index (χ3n) is 13.6. The zero-order valence-electron chi connectivity index (χ0n) is 21.9. The molecule has 0 aromatic heterocycles. The van der Waals surface area contributed by atoms with Gasteiger partial charge in [-0.3, -0.25) is 0 Å². The summed E-state index contributed by atoms with van der Waals surface area (Å²) >= 11 is 0. The normalized spacial score (nSPS) is 55.2. The number of allylic oxidation sites excluding steroid dienone is 2. The van der Waals surface area contributed by atoms with Gasteiger partial charge in [-0.1, -0.05) is 73.5 Å². The molecular formula is C30H50O. The van der Waals surface area contributed by atoms with E-state index in [0.717, 1.165) is 18.3 Å². The Morgan fingerprint density at radius 2 is 1.45 bits per heavy atom. The second-order valence-corrected chi connectivity index (χ2v) is 14.9. The van der Waals surface area contributed by atoms with E-state index in [1.54, 1.807) is 0 Å². The first-order valence-corrected chi connectivity index (χ1v) is 13.6. The maximum absolute atomic E-state index is 10.9. The van der Waals surface area contributed by atoms with E-state index in [9.17, 15) is 5.11 Å². The first-order valence-electron chi connectivity index (χ1n) is 13.6. The third kappa shape index (κ3) is 2.54. The highest BCUT2D eigenvalue weighted by Gasteiger charge is 2.68. The summed E-state index contributed by atoms with van der Waals surface area (Å²) in [5.74, 6) is 2.21. The Hall–Kier alpha value is -0.300. The minimum Gasteiger partial charge on any atom is -0.393 e. The van der Waals surface area contributed by atoms with Crippen molar-refractivity contribution in [2.75, 3.05) is 0 Å². The molecule has 0 aromatic rings. The molecule has 0 unspecified atom stereocenters. The summed E-state index contributed by atoms with van der Waals surface area (Å²) in [6.45, 7) is 20.6. The molecule has 31 heavy (non-hydrogen) atoms. The molecule has 0 radical (unpaired) electrons. The fraction of sp³-hybridized carbons (Fsp3) is 0.933. The lowest BCUT2D eigenvalue weighted by atomic mass is 9.32. The second-order valence-electron chi connectivity index (χ2n) is 14.9. The van der Waals surface area contributed by atoms with Crippen LogP contribution in [0.4, 0.5) is 0 Å². The molecule has 0 saturated heterocycles. The molecule has 5 aliphatic carbocycles. The van der Waals surface area contributed by atoms with Crippen LogP contribution in [0.5, 0.6) is 0 Å². The van der Waals surface area contributed by atoms with Crippen molar-refractivity contribution in [1.29, 1.82) is 0 Å². The number of aliphatic hydroxyl groups excluding tert-OH is 1. The van der Waals surface area contributed by atoms with Gasteiger partial charge in [0, 0.05) is 0 Å². The zero-order chi connectivity index (χ0) is 22.7. The van der Waals surface area contributed by atoms with Gasteiger partial charge in [-0.15, -0.1) is 0 Å². The number of hydrogen-bond acceptors (Lipinski definition) is 1. The van der Waals surface area contributed by atoms with Crippen molar-refractivity contribution < 1.29 is 5.11 Å². The smallest absolute Gasteiger partial charge is 0.0594 e. The lowest BCUT2D eigenvalue weighted by molar-refractivity contribution is -0.196. The van der Waals surface area contributed by atoms with Crippen LogP contribution in [-0.2, 0) is 0 Å². The largest absolute Gasteiger partial charge is 0.393 e. The molecular weight excluding hydrogens is 376 g/mol. The standard InChI is InChI=1S/C30H50O/c1-25(2)15-9-10-23-29(25,7)19-18-28(6)21-11-12-22-26(3,4)24(31)14-16-27(22,5)20(21)13-17-30(23,28)8/h11,20,22-24,31H,9-10,12-19H2,1-8H3/t20-,22+,23-,24-,27-,28-,29+,30+/m1/s1. The molecule has 8 atom stereocenters. The Morgan fingerprint density at radius 3 is 2.16 bits per heavy atom. The molecule has 4 saturated carbocycles. The Labute approximate surface area is 192 Å². The van der Waals surface area contributed by atoms with Crippen LogP contribution in [0.15, 0.2) is 11.6 Å². The average Bonchev–Trinajstić information content (AvgIpc) is 2.68. The molecule has 0 spiro atoms. The van der Waals surface area contributed by atoms with Crippen LogP contribution in [0.2, 0.25) is 0 Å². The van der Waals surface area contributed by atoms with Crippen molar-refractivity contribution in [3.8, 4) is 0 Å². The van der Waals surface area contributed by atoms with Crippen LogP contribution in [0.3, 0.4) is 0 Å². The van der Waals surface area contributed by atoms with E-state index < -0.39 is 0 Å². The fourth-order valence-electron chi connectivity index (χ4n) is 10.8. The Balaban J connectivity index is 1.57. The molecule has 5 rings (SSSR count). The van der Waals surface area contributed by atoms with Crippen molar-refractivity contribution in [2.45, 2.75) is 126 Å². The van der Waals surface area contributed by atoms with Gasteiger partial charge in [-0.05, 0) is 108 Å². The van der Waals surface area contributed by atoms with Crippen molar-refractivity contribution in [2.24, 2.45) is 50.2 Å². The van der Waals surface area contributed by atoms with Crippen molar-refractivity contribution in [3.63, 3.8) is 0 Å². The minimum absolute atomic E-state index is 0.0369. The maximum atomic E-state index is 10.9. The first-order chi connectivity index (χ1) is 14.2. The average molecular weight is 427 g/mol. The van der Waals surface area contributed by atoms with Crippen LogP contribution >= 0.6 is 0 Å². The van der Waals surface area contributed by atoms with Crippen LogP contribution in [-0.4, -0.2) is 11.2 Å². The Kier molecular flexibility index (Phi) is 4.66. The van der Waals surface area contributed by atoms with Gasteiger partial charge in [0.15, 0.2) is 0 Å². The highest BCUT2D eigenvalue weighted by atomic mass is 16.3. The van der Waals surface area contributed by atoms with E-state index in [4.69, 9.17) is 0 Å². The van der Waals surface area contributed by atoms with E-state index in [-0.39, 0.29) is 11.5 Å². The highest BCUT2D eigenvalue weighted by Crippen LogP contribution is 2.76. The second kappa shape index (κ2) is 6.43. The minimum atomic E-state index is -0.134.